The Bertz CT molecular complexity index is 553. The van der Waals surface area contributed by atoms with E-state index in [2.05, 4.69) is 25.8 Å². The first kappa shape index (κ1) is 12.0. The Kier molecular flexibility index (Phi) is 3.46. The fourth-order valence-corrected chi connectivity index (χ4v) is 1.32. The minimum atomic E-state index is -0.441. The summed E-state index contributed by atoms with van der Waals surface area (Å²) in [4.78, 5) is 15.8. The summed E-state index contributed by atoms with van der Waals surface area (Å²) in [6, 6.07) is 3.28. The molecule has 2 aromatic rings. The molecule has 0 aliphatic heterocycles. The molecule has 1 N–H and O–H groups in total. The van der Waals surface area contributed by atoms with Crippen molar-refractivity contribution >= 4 is 17.7 Å². The second-order valence-electron chi connectivity index (χ2n) is 3.37. The fraction of sp³-hybridized carbons (Fsp3) is 0.300. The summed E-state index contributed by atoms with van der Waals surface area (Å²) < 4.78 is 6.37. The Balaban J connectivity index is 2.28. The largest absolute Gasteiger partial charge is 0.462 e. The van der Waals surface area contributed by atoms with Crippen molar-refractivity contribution in [2.24, 2.45) is 7.05 Å². The number of tetrazole rings is 1. The number of rotatable bonds is 4. The highest BCUT2D eigenvalue weighted by Crippen LogP contribution is 2.16. The van der Waals surface area contributed by atoms with E-state index in [0.717, 1.165) is 0 Å². The molecule has 0 saturated carbocycles. The Hall–Kier alpha value is -2.51. The molecule has 0 aliphatic carbocycles. The molecule has 0 aromatic carbocycles. The first-order chi connectivity index (χ1) is 8.72. The number of carbonyl (C=O) groups excluding carboxylic acids is 1. The van der Waals surface area contributed by atoms with Gasteiger partial charge in [0.15, 0.2) is 0 Å². The van der Waals surface area contributed by atoms with Crippen molar-refractivity contribution in [3.05, 3.63) is 23.9 Å². The lowest BCUT2D eigenvalue weighted by molar-refractivity contribution is 0.0527. The van der Waals surface area contributed by atoms with Crippen molar-refractivity contribution in [1.29, 1.82) is 0 Å². The van der Waals surface area contributed by atoms with Crippen LogP contribution in [0.25, 0.3) is 0 Å². The third kappa shape index (κ3) is 2.42. The van der Waals surface area contributed by atoms with Gasteiger partial charge in [-0.25, -0.2) is 14.5 Å². The van der Waals surface area contributed by atoms with Gasteiger partial charge in [-0.05, 0) is 29.5 Å². The van der Waals surface area contributed by atoms with Crippen LogP contribution in [0.4, 0.5) is 11.8 Å². The van der Waals surface area contributed by atoms with E-state index in [4.69, 9.17) is 4.74 Å². The van der Waals surface area contributed by atoms with E-state index >= 15 is 0 Å². The summed E-state index contributed by atoms with van der Waals surface area (Å²) in [7, 11) is 1.68. The smallest absolute Gasteiger partial charge is 0.341 e. The molecule has 2 rings (SSSR count). The van der Waals surface area contributed by atoms with Crippen LogP contribution < -0.4 is 5.32 Å². The van der Waals surface area contributed by atoms with Crippen LogP contribution in [0.1, 0.15) is 17.3 Å². The lowest BCUT2D eigenvalue weighted by atomic mass is 10.2. The van der Waals surface area contributed by atoms with Crippen molar-refractivity contribution in [3.63, 3.8) is 0 Å². The molecular weight excluding hydrogens is 236 g/mol. The quantitative estimate of drug-likeness (QED) is 0.788. The summed E-state index contributed by atoms with van der Waals surface area (Å²) in [5, 5.41) is 13.8. The summed E-state index contributed by atoms with van der Waals surface area (Å²) in [6.07, 6.45) is 1.56. The lowest BCUT2D eigenvalue weighted by Crippen LogP contribution is -2.10. The first-order valence-electron chi connectivity index (χ1n) is 5.34. The molecule has 0 aliphatic rings. The number of aromatic nitrogens is 5. The molecule has 0 unspecified atom stereocenters. The van der Waals surface area contributed by atoms with Gasteiger partial charge in [-0.3, -0.25) is 0 Å². The number of aryl methyl sites for hydroxylation is 1. The molecular formula is C10H12N6O2. The summed E-state index contributed by atoms with van der Waals surface area (Å²) in [5.41, 5.74) is 0.336. The number of hydrogen-bond acceptors (Lipinski definition) is 7. The van der Waals surface area contributed by atoms with Crippen LogP contribution in [0.5, 0.6) is 0 Å². The number of pyridine rings is 1. The maximum atomic E-state index is 11.7. The molecule has 18 heavy (non-hydrogen) atoms. The highest BCUT2D eigenvalue weighted by atomic mass is 16.5. The zero-order valence-corrected chi connectivity index (χ0v) is 9.99. The lowest BCUT2D eigenvalue weighted by Gasteiger charge is -2.08. The van der Waals surface area contributed by atoms with Crippen molar-refractivity contribution in [3.8, 4) is 0 Å². The van der Waals surface area contributed by atoms with E-state index in [9.17, 15) is 4.79 Å². The summed E-state index contributed by atoms with van der Waals surface area (Å²) in [6.45, 7) is 2.05. The average Bonchev–Trinajstić information content (AvgIpc) is 2.76. The standard InChI is InChI=1S/C10H12N6O2/c1-3-18-9(17)7-5-4-6-11-8(7)12-10-13-14-15-16(10)2/h4-6H,3H2,1-2H3,(H,11,12,13,15). The normalized spacial score (nSPS) is 10.1. The Labute approximate surface area is 103 Å². The zero-order chi connectivity index (χ0) is 13.0. The van der Waals surface area contributed by atoms with Crippen LogP contribution >= 0.6 is 0 Å². The number of ether oxygens (including phenoxy) is 1. The molecule has 0 spiro atoms. The first-order valence-corrected chi connectivity index (χ1v) is 5.34. The Morgan fingerprint density at radius 1 is 1.56 bits per heavy atom. The second-order valence-corrected chi connectivity index (χ2v) is 3.37. The molecule has 2 aromatic heterocycles. The van der Waals surface area contributed by atoms with E-state index in [1.807, 2.05) is 0 Å². The maximum Gasteiger partial charge on any atom is 0.341 e. The third-order valence-corrected chi connectivity index (χ3v) is 2.15. The van der Waals surface area contributed by atoms with Crippen molar-refractivity contribution in [2.75, 3.05) is 11.9 Å². The number of nitrogens with one attached hydrogen (secondary N) is 1. The van der Waals surface area contributed by atoms with Crippen LogP contribution in [0.3, 0.4) is 0 Å². The molecule has 0 fully saturated rings. The maximum absolute atomic E-state index is 11.7. The molecule has 8 heteroatoms. The summed E-state index contributed by atoms with van der Waals surface area (Å²) >= 11 is 0. The van der Waals surface area contributed by atoms with E-state index in [0.29, 0.717) is 23.9 Å². The van der Waals surface area contributed by atoms with Gasteiger partial charge in [-0.2, -0.15) is 0 Å². The van der Waals surface area contributed by atoms with Gasteiger partial charge in [0, 0.05) is 13.2 Å². The second kappa shape index (κ2) is 5.21. The Morgan fingerprint density at radius 2 is 2.39 bits per heavy atom. The van der Waals surface area contributed by atoms with Crippen molar-refractivity contribution in [1.82, 2.24) is 25.2 Å². The van der Waals surface area contributed by atoms with Gasteiger partial charge in [-0.1, -0.05) is 5.10 Å². The fourth-order valence-electron chi connectivity index (χ4n) is 1.32. The number of anilines is 2. The van der Waals surface area contributed by atoms with E-state index in [1.54, 1.807) is 32.3 Å². The molecule has 0 saturated heterocycles. The minimum Gasteiger partial charge on any atom is -0.462 e. The Morgan fingerprint density at radius 3 is 3.06 bits per heavy atom. The average molecular weight is 248 g/mol. The number of nitrogens with zero attached hydrogens (tertiary/aromatic N) is 5. The van der Waals surface area contributed by atoms with Gasteiger partial charge in [0.25, 0.3) is 0 Å². The predicted octanol–water partition coefficient (Wildman–Crippen LogP) is 0.525. The molecule has 0 bridgehead atoms. The molecule has 0 atom stereocenters. The van der Waals surface area contributed by atoms with Gasteiger partial charge in [-0.15, -0.1) is 0 Å². The van der Waals surface area contributed by atoms with E-state index in [1.165, 1.54) is 4.68 Å². The van der Waals surface area contributed by atoms with Crippen LogP contribution in [0, 0.1) is 0 Å². The van der Waals surface area contributed by atoms with E-state index < -0.39 is 5.97 Å². The molecule has 94 valence electrons. The van der Waals surface area contributed by atoms with E-state index in [-0.39, 0.29) is 0 Å². The van der Waals surface area contributed by atoms with Gasteiger partial charge < -0.3 is 10.1 Å². The van der Waals surface area contributed by atoms with Crippen molar-refractivity contribution < 1.29 is 9.53 Å². The van der Waals surface area contributed by atoms with Gasteiger partial charge in [0.2, 0.25) is 5.95 Å². The van der Waals surface area contributed by atoms with Gasteiger partial charge in [0.1, 0.15) is 11.4 Å². The SMILES string of the molecule is CCOC(=O)c1cccnc1Nc1nnnn1C. The highest BCUT2D eigenvalue weighted by molar-refractivity contribution is 5.95. The molecule has 2 heterocycles. The zero-order valence-electron chi connectivity index (χ0n) is 9.99. The number of esters is 1. The number of hydrogen-bond donors (Lipinski definition) is 1. The predicted molar refractivity (Wildman–Crippen MR) is 62.3 cm³/mol. The molecule has 0 amide bonds. The highest BCUT2D eigenvalue weighted by Gasteiger charge is 2.14. The van der Waals surface area contributed by atoms with Crippen LogP contribution in [-0.2, 0) is 11.8 Å². The topological polar surface area (TPSA) is 94.8 Å². The number of carbonyl (C=O) groups is 1. The minimum absolute atomic E-state index is 0.304. The van der Waals surface area contributed by atoms with Crippen molar-refractivity contribution in [2.45, 2.75) is 6.92 Å². The monoisotopic (exact) mass is 248 g/mol. The van der Waals surface area contributed by atoms with Crippen LogP contribution in [0.15, 0.2) is 18.3 Å². The summed E-state index contributed by atoms with van der Waals surface area (Å²) in [5.74, 6) is 0.302. The van der Waals surface area contributed by atoms with Gasteiger partial charge >= 0.3 is 5.97 Å². The van der Waals surface area contributed by atoms with Crippen LogP contribution in [-0.4, -0.2) is 37.8 Å². The van der Waals surface area contributed by atoms with Crippen LogP contribution in [0.2, 0.25) is 0 Å². The third-order valence-electron chi connectivity index (χ3n) is 2.15. The molecule has 8 nitrogen and oxygen atoms in total. The van der Waals surface area contributed by atoms with Gasteiger partial charge in [0.05, 0.1) is 6.61 Å². The molecule has 0 radical (unpaired) electrons.